The number of rotatable bonds is 7. The Balaban J connectivity index is 0.000000271. The number of ketones is 1. The van der Waals surface area contributed by atoms with Gasteiger partial charge in [-0.3, -0.25) is 9.78 Å². The van der Waals surface area contributed by atoms with Gasteiger partial charge in [0, 0.05) is 65.3 Å². The first kappa shape index (κ1) is 38.7. The van der Waals surface area contributed by atoms with Crippen LogP contribution in [0.25, 0.3) is 54.5 Å². The molecule has 1 N–H and O–H groups in total. The Bertz CT molecular complexity index is 2300. The minimum atomic E-state index is 0. The van der Waals surface area contributed by atoms with E-state index < -0.39 is 0 Å². The van der Waals surface area contributed by atoms with Crippen LogP contribution in [0.2, 0.25) is 0 Å². The topological polar surface area (TPSA) is 63.1 Å². The zero-order valence-corrected chi connectivity index (χ0v) is 34.5. The predicted octanol–water partition coefficient (Wildman–Crippen LogP) is 12.8. The first-order valence-corrected chi connectivity index (χ1v) is 19.0. The summed E-state index contributed by atoms with van der Waals surface area (Å²) in [5.41, 5.74) is 6.97. The molecule has 7 rings (SSSR count). The molecule has 0 bridgehead atoms. The summed E-state index contributed by atoms with van der Waals surface area (Å²) in [4.78, 5) is 22.9. The molecule has 1 radical (unpaired) electrons. The number of carbonyl (C=O) groups is 1. The summed E-state index contributed by atoms with van der Waals surface area (Å²) < 4.78 is 0. The van der Waals surface area contributed by atoms with Gasteiger partial charge in [-0.1, -0.05) is 107 Å². The van der Waals surface area contributed by atoms with Gasteiger partial charge in [-0.2, -0.15) is 0 Å². The van der Waals surface area contributed by atoms with Gasteiger partial charge in [0.2, 0.25) is 0 Å². The van der Waals surface area contributed by atoms with E-state index in [1.54, 1.807) is 11.8 Å². The fourth-order valence-corrected chi connectivity index (χ4v) is 8.20. The summed E-state index contributed by atoms with van der Waals surface area (Å²) in [6.45, 7) is 19.2. The first-order valence-electron chi connectivity index (χ1n) is 18.1. The summed E-state index contributed by atoms with van der Waals surface area (Å²) in [6, 6.07) is 23.9. The molecule has 6 heteroatoms. The van der Waals surface area contributed by atoms with Crippen molar-refractivity contribution in [2.75, 3.05) is 0 Å². The molecule has 1 aliphatic rings. The van der Waals surface area contributed by atoms with Crippen molar-refractivity contribution in [1.82, 2.24) is 9.97 Å². The van der Waals surface area contributed by atoms with E-state index in [0.29, 0.717) is 0 Å². The van der Waals surface area contributed by atoms with Crippen LogP contribution in [-0.2, 0) is 30.3 Å². The maximum Gasteiger partial charge on any atom is 0.162 e. The zero-order chi connectivity index (χ0) is 35.9. The molecule has 51 heavy (non-hydrogen) atoms. The Hall–Kier alpha value is -3.57. The molecule has 1 aliphatic heterocycles. The van der Waals surface area contributed by atoms with E-state index in [1.165, 1.54) is 60.0 Å². The fraction of sp³-hybridized carbons (Fsp3) is 0.356. The van der Waals surface area contributed by atoms with Crippen LogP contribution in [0.1, 0.15) is 90.8 Å². The molecule has 2 aromatic heterocycles. The predicted molar refractivity (Wildman–Crippen MR) is 212 cm³/mol. The normalized spacial score (nSPS) is 12.7. The number of carbonyl (C=O) groups excluding carboxylic acids is 1. The molecular weight excluding hydrogens is 825 g/mol. The Labute approximate surface area is 320 Å². The second-order valence-electron chi connectivity index (χ2n) is 14.7. The Morgan fingerprint density at radius 2 is 1.55 bits per heavy atom. The molecule has 267 valence electrons. The van der Waals surface area contributed by atoms with Gasteiger partial charge in [0.1, 0.15) is 0 Å². The number of aliphatic hydroxyl groups excluding tert-OH is 1. The third-order valence-electron chi connectivity index (χ3n) is 10.6. The maximum atomic E-state index is 11.7. The average molecular weight is 874 g/mol. The molecule has 0 unspecified atom stereocenters. The quantitative estimate of drug-likeness (QED) is 0.0748. The van der Waals surface area contributed by atoms with Gasteiger partial charge in [-0.25, -0.2) is 0 Å². The molecule has 0 aliphatic carbocycles. The number of pyridine rings is 2. The number of benzene rings is 4. The van der Waals surface area contributed by atoms with Gasteiger partial charge < -0.3 is 10.1 Å². The van der Waals surface area contributed by atoms with E-state index in [-0.39, 0.29) is 48.9 Å². The SMILES string of the molecule is CCC(CC)C(=O)/C=C(\O)C(CC)CC.Cc1ccc2[c-]c3c(nc2c1C)Sc1cc2c4cc(C(C)(C)C)ccc4ccc2c2ccnc-3c12.[Ir]. The minimum absolute atomic E-state index is 0. The molecule has 0 saturated heterocycles. The summed E-state index contributed by atoms with van der Waals surface area (Å²) in [5, 5.41) is 19.4. The van der Waals surface area contributed by atoms with Crippen molar-refractivity contribution >= 4 is 60.8 Å². The molecule has 4 aromatic carbocycles. The van der Waals surface area contributed by atoms with Crippen molar-refractivity contribution in [3.8, 4) is 11.3 Å². The largest absolute Gasteiger partial charge is 0.512 e. The summed E-state index contributed by atoms with van der Waals surface area (Å²) in [5.74, 6) is 0.547. The van der Waals surface area contributed by atoms with Crippen molar-refractivity contribution in [2.45, 2.75) is 103 Å². The van der Waals surface area contributed by atoms with Gasteiger partial charge in [0.15, 0.2) is 5.78 Å². The van der Waals surface area contributed by atoms with Crippen LogP contribution < -0.4 is 0 Å². The van der Waals surface area contributed by atoms with Crippen LogP contribution in [0.5, 0.6) is 0 Å². The Morgan fingerprint density at radius 1 is 0.863 bits per heavy atom. The van der Waals surface area contributed by atoms with E-state index in [0.717, 1.165) is 52.9 Å². The van der Waals surface area contributed by atoms with E-state index >= 15 is 0 Å². The van der Waals surface area contributed by atoms with E-state index in [2.05, 4.69) is 95.3 Å². The monoisotopic (exact) mass is 874 g/mol. The van der Waals surface area contributed by atoms with Crippen molar-refractivity contribution < 1.29 is 30.0 Å². The van der Waals surface area contributed by atoms with Gasteiger partial charge >= 0.3 is 0 Å². The third kappa shape index (κ3) is 7.38. The molecule has 0 saturated carbocycles. The van der Waals surface area contributed by atoms with E-state index in [1.807, 2.05) is 33.9 Å². The Kier molecular flexibility index (Phi) is 11.8. The number of aliphatic hydroxyl groups is 1. The number of hydrogen-bond donors (Lipinski definition) is 1. The number of allylic oxidation sites excluding steroid dienone is 2. The van der Waals surface area contributed by atoms with Crippen LogP contribution in [-0.4, -0.2) is 20.9 Å². The molecule has 0 spiro atoms. The number of aromatic nitrogens is 2. The molecule has 0 fully saturated rings. The second kappa shape index (κ2) is 15.6. The summed E-state index contributed by atoms with van der Waals surface area (Å²) in [7, 11) is 0. The maximum absolute atomic E-state index is 11.7. The number of hydrogen-bond acceptors (Lipinski definition) is 5. The van der Waals surface area contributed by atoms with Gasteiger partial charge in [0.05, 0.1) is 5.76 Å². The van der Waals surface area contributed by atoms with Gasteiger partial charge in [0.25, 0.3) is 0 Å². The smallest absolute Gasteiger partial charge is 0.162 e. The van der Waals surface area contributed by atoms with Crippen molar-refractivity contribution in [2.24, 2.45) is 11.8 Å². The minimum Gasteiger partial charge on any atom is -0.512 e. The van der Waals surface area contributed by atoms with Crippen LogP contribution in [0.4, 0.5) is 0 Å². The molecule has 4 nitrogen and oxygen atoms in total. The summed E-state index contributed by atoms with van der Waals surface area (Å²) in [6.07, 6.45) is 6.85. The molecule has 0 atom stereocenters. The zero-order valence-electron chi connectivity index (χ0n) is 31.3. The Morgan fingerprint density at radius 3 is 2.22 bits per heavy atom. The van der Waals surface area contributed by atoms with Crippen molar-refractivity contribution in [3.63, 3.8) is 0 Å². The molecular formula is C45H49IrN2O2S-. The second-order valence-corrected chi connectivity index (χ2v) is 15.8. The van der Waals surface area contributed by atoms with Crippen LogP contribution in [0.3, 0.4) is 0 Å². The van der Waals surface area contributed by atoms with Gasteiger partial charge in [-0.15, -0.1) is 23.9 Å². The van der Waals surface area contributed by atoms with Crippen molar-refractivity contribution in [3.05, 3.63) is 95.4 Å². The van der Waals surface area contributed by atoms with Gasteiger partial charge in [-0.05, 0) is 95.0 Å². The number of fused-ring (bicyclic) bond motifs is 7. The standard InChI is InChI=1S/C32H25N2S.C13H24O2.Ir/c1-17-6-7-20-14-26-30-28-23(12-13-33-30)22-11-9-19-8-10-21(32(3,4)5)15-24(19)25(22)16-27(28)35-31(26)34-29(20)18(17)2;1-5-10(6-2)12(14)9-13(15)11(7-3)8-4;/h6-13,15-16H,1-5H3;9-11,14H,5-8H2,1-4H3;/q-1;;/b;12-9-;. The molecule has 3 heterocycles. The van der Waals surface area contributed by atoms with E-state index in [4.69, 9.17) is 9.97 Å². The van der Waals surface area contributed by atoms with Crippen molar-refractivity contribution in [1.29, 1.82) is 0 Å². The molecule has 6 aromatic rings. The number of aryl methyl sites for hydroxylation is 2. The van der Waals surface area contributed by atoms with E-state index in [9.17, 15) is 9.90 Å². The van der Waals surface area contributed by atoms with Crippen LogP contribution in [0, 0.1) is 31.7 Å². The summed E-state index contributed by atoms with van der Waals surface area (Å²) >= 11 is 1.76. The van der Waals surface area contributed by atoms with Crippen LogP contribution >= 0.6 is 11.8 Å². The fourth-order valence-electron chi connectivity index (χ4n) is 7.12. The molecule has 0 amide bonds. The third-order valence-corrected chi connectivity index (χ3v) is 11.6. The first-order chi connectivity index (χ1) is 23.9. The van der Waals surface area contributed by atoms with Crippen LogP contribution in [0.15, 0.2) is 82.6 Å². The number of nitrogens with zero attached hydrogens (tertiary/aromatic N) is 2. The average Bonchev–Trinajstić information content (AvgIpc) is 3.10.